The van der Waals surface area contributed by atoms with Crippen LogP contribution in [0.1, 0.15) is 22.5 Å². The van der Waals surface area contributed by atoms with E-state index in [4.69, 9.17) is 0 Å². The van der Waals surface area contributed by atoms with Crippen molar-refractivity contribution in [1.29, 1.82) is 0 Å². The van der Waals surface area contributed by atoms with Crippen LogP contribution in [0.3, 0.4) is 0 Å². The molecular weight excluding hydrogens is 324 g/mol. The summed E-state index contributed by atoms with van der Waals surface area (Å²) in [6.45, 7) is 0. The molecule has 0 saturated carbocycles. The van der Waals surface area contributed by atoms with Crippen molar-refractivity contribution in [3.8, 4) is 11.3 Å². The molecule has 128 valence electrons. The number of aromatic nitrogens is 4. The first kappa shape index (κ1) is 16.0. The molecule has 2 aromatic heterocycles. The van der Waals surface area contributed by atoms with Crippen LogP contribution >= 0.6 is 0 Å². The minimum Gasteiger partial charge on any atom is -0.281 e. The van der Waals surface area contributed by atoms with Crippen molar-refractivity contribution in [3.63, 3.8) is 0 Å². The van der Waals surface area contributed by atoms with Crippen molar-refractivity contribution in [2.75, 3.05) is 0 Å². The van der Waals surface area contributed by atoms with Gasteiger partial charge in [0.2, 0.25) is 0 Å². The number of H-pyrrole nitrogens is 2. The van der Waals surface area contributed by atoms with E-state index in [0.717, 1.165) is 29.1 Å². The lowest BCUT2D eigenvalue weighted by Gasteiger charge is -2.06. The molecule has 0 radical (unpaired) electrons. The Labute approximate surface area is 150 Å². The Morgan fingerprint density at radius 2 is 1.35 bits per heavy atom. The van der Waals surface area contributed by atoms with Gasteiger partial charge in [0.25, 0.3) is 5.56 Å². The Hall–Kier alpha value is -3.47. The van der Waals surface area contributed by atoms with Gasteiger partial charge in [0.1, 0.15) is 0 Å². The summed E-state index contributed by atoms with van der Waals surface area (Å²) in [6.07, 6.45) is 1.42. The number of hydrogen-bond donors (Lipinski definition) is 2. The van der Waals surface area contributed by atoms with Gasteiger partial charge in [-0.15, -0.1) is 0 Å². The third-order valence-electron chi connectivity index (χ3n) is 4.29. The van der Waals surface area contributed by atoms with Gasteiger partial charge in [-0.25, -0.2) is 5.10 Å². The van der Waals surface area contributed by atoms with Crippen LogP contribution in [0, 0.1) is 0 Å². The largest absolute Gasteiger partial charge is 0.281 e. The van der Waals surface area contributed by atoms with Gasteiger partial charge in [0.05, 0.1) is 11.4 Å². The molecule has 0 amide bonds. The highest BCUT2D eigenvalue weighted by Crippen LogP contribution is 2.27. The first-order chi connectivity index (χ1) is 12.8. The standard InChI is InChI=1S/C21H18N4O/c26-20-12-11-17(22-25-20)21-18(13-15-7-3-1-4-8-15)23-24-19(21)14-16-9-5-2-6-10-16/h1-12H,13-14H2,(H,23,24)(H,25,26). The minimum absolute atomic E-state index is 0.216. The molecule has 0 aliphatic rings. The number of aromatic amines is 2. The van der Waals surface area contributed by atoms with Gasteiger partial charge in [-0.2, -0.15) is 10.2 Å². The zero-order valence-corrected chi connectivity index (χ0v) is 14.1. The van der Waals surface area contributed by atoms with E-state index in [0.29, 0.717) is 6.42 Å². The van der Waals surface area contributed by atoms with E-state index in [2.05, 4.69) is 44.7 Å². The lowest BCUT2D eigenvalue weighted by Crippen LogP contribution is -2.06. The Kier molecular flexibility index (Phi) is 4.43. The van der Waals surface area contributed by atoms with Crippen molar-refractivity contribution in [3.05, 3.63) is 106 Å². The highest BCUT2D eigenvalue weighted by Gasteiger charge is 2.17. The van der Waals surface area contributed by atoms with Crippen LogP contribution in [0.2, 0.25) is 0 Å². The first-order valence-corrected chi connectivity index (χ1v) is 8.49. The van der Waals surface area contributed by atoms with Gasteiger partial charge in [-0.05, 0) is 17.2 Å². The summed E-state index contributed by atoms with van der Waals surface area (Å²) in [7, 11) is 0. The van der Waals surface area contributed by atoms with Gasteiger partial charge in [0.15, 0.2) is 0 Å². The zero-order chi connectivity index (χ0) is 17.8. The van der Waals surface area contributed by atoms with E-state index < -0.39 is 0 Å². The molecule has 0 atom stereocenters. The molecule has 0 bridgehead atoms. The minimum atomic E-state index is -0.216. The van der Waals surface area contributed by atoms with Crippen molar-refractivity contribution < 1.29 is 0 Å². The highest BCUT2D eigenvalue weighted by molar-refractivity contribution is 5.65. The predicted molar refractivity (Wildman–Crippen MR) is 101 cm³/mol. The van der Waals surface area contributed by atoms with E-state index in [1.54, 1.807) is 6.07 Å². The van der Waals surface area contributed by atoms with E-state index in [1.807, 2.05) is 36.4 Å². The lowest BCUT2D eigenvalue weighted by atomic mass is 9.99. The molecule has 0 aliphatic carbocycles. The summed E-state index contributed by atoms with van der Waals surface area (Å²) >= 11 is 0. The summed E-state index contributed by atoms with van der Waals surface area (Å²) in [4.78, 5) is 11.4. The molecule has 26 heavy (non-hydrogen) atoms. The van der Waals surface area contributed by atoms with Gasteiger partial charge in [-0.3, -0.25) is 9.89 Å². The van der Waals surface area contributed by atoms with Crippen molar-refractivity contribution >= 4 is 0 Å². The van der Waals surface area contributed by atoms with Gasteiger partial charge < -0.3 is 0 Å². The number of hydrogen-bond acceptors (Lipinski definition) is 3. The third-order valence-corrected chi connectivity index (χ3v) is 4.29. The van der Waals surface area contributed by atoms with E-state index in [9.17, 15) is 4.79 Å². The van der Waals surface area contributed by atoms with E-state index in [1.165, 1.54) is 17.2 Å². The van der Waals surface area contributed by atoms with Crippen LogP contribution in [-0.4, -0.2) is 20.4 Å². The fraction of sp³-hybridized carbons (Fsp3) is 0.0952. The fourth-order valence-electron chi connectivity index (χ4n) is 3.05. The van der Waals surface area contributed by atoms with Crippen LogP contribution in [-0.2, 0) is 12.8 Å². The molecule has 0 spiro atoms. The second-order valence-corrected chi connectivity index (χ2v) is 6.16. The Balaban J connectivity index is 1.76. The average Bonchev–Trinajstić information content (AvgIpc) is 3.06. The van der Waals surface area contributed by atoms with Crippen LogP contribution in [0.4, 0.5) is 0 Å². The van der Waals surface area contributed by atoms with E-state index in [-0.39, 0.29) is 5.56 Å². The Bertz CT molecular complexity index is 973. The van der Waals surface area contributed by atoms with Crippen LogP contribution in [0.5, 0.6) is 0 Å². The topological polar surface area (TPSA) is 74.4 Å². The molecular formula is C21H18N4O. The van der Waals surface area contributed by atoms with Gasteiger partial charge in [-0.1, -0.05) is 60.7 Å². The summed E-state index contributed by atoms with van der Waals surface area (Å²) in [5, 5.41) is 14.5. The van der Waals surface area contributed by atoms with Crippen LogP contribution in [0.25, 0.3) is 11.3 Å². The molecule has 2 heterocycles. The van der Waals surface area contributed by atoms with Gasteiger partial charge in [0, 0.05) is 30.2 Å². The van der Waals surface area contributed by atoms with Crippen molar-refractivity contribution in [2.24, 2.45) is 0 Å². The molecule has 4 aromatic rings. The van der Waals surface area contributed by atoms with Crippen molar-refractivity contribution in [2.45, 2.75) is 12.8 Å². The SMILES string of the molecule is O=c1ccc(-c2c(Cc3ccccc3)n[nH]c2Cc2ccccc2)n[nH]1. The first-order valence-electron chi connectivity index (χ1n) is 8.49. The maximum absolute atomic E-state index is 11.4. The Morgan fingerprint density at radius 3 is 1.96 bits per heavy atom. The summed E-state index contributed by atoms with van der Waals surface area (Å²) < 4.78 is 0. The fourth-order valence-corrected chi connectivity index (χ4v) is 3.05. The summed E-state index contributed by atoms with van der Waals surface area (Å²) in [6, 6.07) is 23.6. The Morgan fingerprint density at radius 1 is 0.692 bits per heavy atom. The molecule has 0 fully saturated rings. The average molecular weight is 342 g/mol. The zero-order valence-electron chi connectivity index (χ0n) is 14.1. The highest BCUT2D eigenvalue weighted by atomic mass is 16.1. The van der Waals surface area contributed by atoms with Crippen LogP contribution in [0.15, 0.2) is 77.6 Å². The second kappa shape index (κ2) is 7.19. The van der Waals surface area contributed by atoms with Crippen LogP contribution < -0.4 is 5.56 Å². The van der Waals surface area contributed by atoms with E-state index >= 15 is 0 Å². The number of benzene rings is 2. The lowest BCUT2D eigenvalue weighted by molar-refractivity contribution is 0.958. The summed E-state index contributed by atoms with van der Waals surface area (Å²) in [5.41, 5.74) is 5.73. The maximum Gasteiger partial charge on any atom is 0.264 e. The molecule has 5 nitrogen and oxygen atoms in total. The molecule has 0 saturated heterocycles. The molecule has 2 aromatic carbocycles. The molecule has 4 rings (SSSR count). The predicted octanol–water partition coefficient (Wildman–Crippen LogP) is 3.34. The number of nitrogens with one attached hydrogen (secondary N) is 2. The third kappa shape index (κ3) is 3.47. The molecule has 5 heteroatoms. The normalized spacial score (nSPS) is 10.8. The summed E-state index contributed by atoms with van der Waals surface area (Å²) in [5.74, 6) is 0. The molecule has 2 N–H and O–H groups in total. The quantitative estimate of drug-likeness (QED) is 0.584. The maximum atomic E-state index is 11.4. The monoisotopic (exact) mass is 342 g/mol. The second-order valence-electron chi connectivity index (χ2n) is 6.16. The van der Waals surface area contributed by atoms with Gasteiger partial charge >= 0.3 is 0 Å². The number of nitrogens with zero attached hydrogens (tertiary/aromatic N) is 2. The number of rotatable bonds is 5. The van der Waals surface area contributed by atoms with Crippen molar-refractivity contribution in [1.82, 2.24) is 20.4 Å². The smallest absolute Gasteiger partial charge is 0.264 e. The molecule has 0 unspecified atom stereocenters. The molecule has 0 aliphatic heterocycles.